The van der Waals surface area contributed by atoms with Gasteiger partial charge in [-0.1, -0.05) is 30.3 Å². The van der Waals surface area contributed by atoms with Crippen molar-refractivity contribution in [1.82, 2.24) is 0 Å². The zero-order chi connectivity index (χ0) is 10.6. The van der Waals surface area contributed by atoms with Crippen LogP contribution >= 0.6 is 0 Å². The van der Waals surface area contributed by atoms with Crippen molar-refractivity contribution in [3.8, 4) is 0 Å². The Kier molecular flexibility index (Phi) is 3.22. The average Bonchev–Trinajstić information content (AvgIpc) is 2.19. The molecule has 76 valence electrons. The Morgan fingerprint density at radius 1 is 1.43 bits per heavy atom. The summed E-state index contributed by atoms with van der Waals surface area (Å²) in [5.74, 6) is -3.52. The third-order valence-corrected chi connectivity index (χ3v) is 1.96. The molecule has 0 amide bonds. The molecule has 1 atom stereocenters. The summed E-state index contributed by atoms with van der Waals surface area (Å²) in [4.78, 5) is 10.7. The first-order valence-electron chi connectivity index (χ1n) is 4.13. The van der Waals surface area contributed by atoms with Gasteiger partial charge in [-0.25, -0.2) is 4.79 Å². The maximum atomic E-state index is 10.7. The van der Waals surface area contributed by atoms with Gasteiger partial charge in [0, 0.05) is 13.5 Å². The molecule has 0 heterocycles. The van der Waals surface area contributed by atoms with Crippen molar-refractivity contribution in [2.45, 2.75) is 12.2 Å². The summed E-state index contributed by atoms with van der Waals surface area (Å²) in [6.45, 7) is 0. The molecule has 0 aliphatic rings. The van der Waals surface area contributed by atoms with E-state index in [0.29, 0.717) is 5.56 Å². The zero-order valence-corrected chi connectivity index (χ0v) is 7.80. The third-order valence-electron chi connectivity index (χ3n) is 1.96. The number of aliphatic carboxylic acids is 1. The van der Waals surface area contributed by atoms with Crippen LogP contribution in [0.5, 0.6) is 0 Å². The third kappa shape index (κ3) is 2.31. The number of hydrogen-bond donors (Lipinski definition) is 2. The molecule has 1 rings (SSSR count). The molecule has 0 aliphatic carbocycles. The van der Waals surface area contributed by atoms with E-state index < -0.39 is 11.8 Å². The number of hydrogen-bond acceptors (Lipinski definition) is 3. The molecule has 0 saturated heterocycles. The SMILES string of the molecule is COC(O)(Cc1ccccc1)C(=O)O. The fourth-order valence-corrected chi connectivity index (χ4v) is 1.11. The van der Waals surface area contributed by atoms with Gasteiger partial charge >= 0.3 is 5.97 Å². The van der Waals surface area contributed by atoms with Crippen molar-refractivity contribution in [2.24, 2.45) is 0 Å². The predicted molar refractivity (Wildman–Crippen MR) is 49.7 cm³/mol. The molecule has 1 unspecified atom stereocenters. The quantitative estimate of drug-likeness (QED) is 0.694. The minimum atomic E-state index is -2.14. The van der Waals surface area contributed by atoms with Crippen LogP contribution in [-0.2, 0) is 16.0 Å². The van der Waals surface area contributed by atoms with Gasteiger partial charge in [0.15, 0.2) is 0 Å². The van der Waals surface area contributed by atoms with E-state index >= 15 is 0 Å². The van der Waals surface area contributed by atoms with Crippen molar-refractivity contribution in [2.75, 3.05) is 7.11 Å². The lowest BCUT2D eigenvalue weighted by molar-refractivity contribution is -0.213. The fourth-order valence-electron chi connectivity index (χ4n) is 1.11. The molecular weight excluding hydrogens is 184 g/mol. The van der Waals surface area contributed by atoms with Gasteiger partial charge in [-0.05, 0) is 5.56 Å². The number of methoxy groups -OCH3 is 1. The van der Waals surface area contributed by atoms with Crippen molar-refractivity contribution in [3.05, 3.63) is 35.9 Å². The first-order chi connectivity index (χ1) is 6.58. The fraction of sp³-hybridized carbons (Fsp3) is 0.300. The number of carboxylic acid groups (broad SMARTS) is 1. The monoisotopic (exact) mass is 196 g/mol. The lowest BCUT2D eigenvalue weighted by Crippen LogP contribution is -2.42. The molecule has 0 radical (unpaired) electrons. The smallest absolute Gasteiger partial charge is 0.364 e. The Bertz CT molecular complexity index is 309. The first kappa shape index (κ1) is 10.7. The highest BCUT2D eigenvalue weighted by atomic mass is 16.6. The molecular formula is C10H12O4. The minimum absolute atomic E-state index is 0.0698. The average molecular weight is 196 g/mol. The number of rotatable bonds is 4. The van der Waals surface area contributed by atoms with Crippen molar-refractivity contribution >= 4 is 5.97 Å². The van der Waals surface area contributed by atoms with Gasteiger partial charge in [0.05, 0.1) is 0 Å². The van der Waals surface area contributed by atoms with Gasteiger partial charge in [0.1, 0.15) is 0 Å². The second kappa shape index (κ2) is 4.21. The Morgan fingerprint density at radius 2 is 2.00 bits per heavy atom. The molecule has 0 bridgehead atoms. The van der Waals surface area contributed by atoms with E-state index in [4.69, 9.17) is 5.11 Å². The topological polar surface area (TPSA) is 66.8 Å². The van der Waals surface area contributed by atoms with E-state index in [1.165, 1.54) is 0 Å². The van der Waals surface area contributed by atoms with Gasteiger partial charge < -0.3 is 14.9 Å². The number of aliphatic hydroxyl groups is 1. The summed E-state index contributed by atoms with van der Waals surface area (Å²) < 4.78 is 4.56. The maximum Gasteiger partial charge on any atom is 0.364 e. The highest BCUT2D eigenvalue weighted by Crippen LogP contribution is 2.14. The molecule has 0 saturated carbocycles. The van der Waals surface area contributed by atoms with Crippen molar-refractivity contribution < 1.29 is 19.7 Å². The number of carboxylic acids is 1. The van der Waals surface area contributed by atoms with E-state index in [1.54, 1.807) is 24.3 Å². The lowest BCUT2D eigenvalue weighted by atomic mass is 10.1. The molecule has 1 aromatic carbocycles. The molecule has 14 heavy (non-hydrogen) atoms. The van der Waals surface area contributed by atoms with Crippen LogP contribution in [0.1, 0.15) is 5.56 Å². The normalized spacial score (nSPS) is 14.7. The van der Waals surface area contributed by atoms with Gasteiger partial charge in [0.25, 0.3) is 5.79 Å². The second-order valence-corrected chi connectivity index (χ2v) is 2.96. The Balaban J connectivity index is 2.81. The van der Waals surface area contributed by atoms with E-state index in [1.807, 2.05) is 6.07 Å². The van der Waals surface area contributed by atoms with Crippen LogP contribution in [0.3, 0.4) is 0 Å². The Morgan fingerprint density at radius 3 is 2.43 bits per heavy atom. The molecule has 1 aromatic rings. The van der Waals surface area contributed by atoms with Gasteiger partial charge in [-0.15, -0.1) is 0 Å². The predicted octanol–water partition coefficient (Wildman–Crippen LogP) is 0.649. The largest absolute Gasteiger partial charge is 0.477 e. The number of carbonyl (C=O) groups is 1. The number of benzene rings is 1. The van der Waals surface area contributed by atoms with Crippen LogP contribution < -0.4 is 0 Å². The molecule has 0 spiro atoms. The van der Waals surface area contributed by atoms with Crippen molar-refractivity contribution in [3.63, 3.8) is 0 Å². The molecule has 2 N–H and O–H groups in total. The van der Waals surface area contributed by atoms with Gasteiger partial charge in [-0.3, -0.25) is 0 Å². The van der Waals surface area contributed by atoms with Crippen LogP contribution in [0.4, 0.5) is 0 Å². The summed E-state index contributed by atoms with van der Waals surface area (Å²) >= 11 is 0. The zero-order valence-electron chi connectivity index (χ0n) is 7.80. The highest BCUT2D eigenvalue weighted by molar-refractivity contribution is 5.75. The molecule has 0 aromatic heterocycles. The standard InChI is InChI=1S/C10H12O4/c1-14-10(13,9(11)12)7-8-5-3-2-4-6-8/h2-6,13H,7H2,1H3,(H,11,12). The Labute approximate surface area is 81.8 Å². The molecule has 0 aliphatic heterocycles. The van der Waals surface area contributed by atoms with Gasteiger partial charge in [-0.2, -0.15) is 0 Å². The summed E-state index contributed by atoms with van der Waals surface area (Å²) in [5.41, 5.74) is 0.708. The summed E-state index contributed by atoms with van der Waals surface area (Å²) in [5, 5.41) is 18.2. The van der Waals surface area contributed by atoms with Crippen molar-refractivity contribution in [1.29, 1.82) is 0 Å². The minimum Gasteiger partial charge on any atom is -0.477 e. The highest BCUT2D eigenvalue weighted by Gasteiger charge is 2.36. The second-order valence-electron chi connectivity index (χ2n) is 2.96. The van der Waals surface area contributed by atoms with Crippen LogP contribution in [0, 0.1) is 0 Å². The van der Waals surface area contributed by atoms with Crippen LogP contribution in [0.2, 0.25) is 0 Å². The van der Waals surface area contributed by atoms with Crippen LogP contribution in [0.15, 0.2) is 30.3 Å². The van der Waals surface area contributed by atoms with Crippen LogP contribution in [0.25, 0.3) is 0 Å². The Hall–Kier alpha value is -1.39. The summed E-state index contributed by atoms with van der Waals surface area (Å²) in [7, 11) is 1.16. The van der Waals surface area contributed by atoms with E-state index in [2.05, 4.69) is 4.74 Å². The molecule has 4 nitrogen and oxygen atoms in total. The molecule has 4 heteroatoms. The van der Waals surface area contributed by atoms with Crippen LogP contribution in [-0.4, -0.2) is 29.1 Å². The summed E-state index contributed by atoms with van der Waals surface area (Å²) in [6.07, 6.45) is -0.0698. The lowest BCUT2D eigenvalue weighted by Gasteiger charge is -2.21. The number of ether oxygens (including phenoxy) is 1. The first-order valence-corrected chi connectivity index (χ1v) is 4.13. The summed E-state index contributed by atoms with van der Waals surface area (Å²) in [6, 6.07) is 8.82. The molecule has 0 fully saturated rings. The van der Waals surface area contributed by atoms with E-state index in [0.717, 1.165) is 7.11 Å². The van der Waals surface area contributed by atoms with E-state index in [-0.39, 0.29) is 6.42 Å². The van der Waals surface area contributed by atoms with E-state index in [9.17, 15) is 9.90 Å². The van der Waals surface area contributed by atoms with Gasteiger partial charge in [0.2, 0.25) is 0 Å². The maximum absolute atomic E-state index is 10.7.